The third kappa shape index (κ3) is 7.95. The fraction of sp³-hybridized carbons (Fsp3) is 0.659. The lowest BCUT2D eigenvalue weighted by Gasteiger charge is -2.40. The number of nitrogens with zero attached hydrogens (tertiary/aromatic N) is 4. The predicted octanol–water partition coefficient (Wildman–Crippen LogP) is 9.30. The minimum absolute atomic E-state index is 0.0364. The largest absolute Gasteiger partial charge is 0.490 e. The number of carbonyl (C=O) groups is 2. The van der Waals surface area contributed by atoms with Gasteiger partial charge in [0, 0.05) is 80.3 Å². The monoisotopic (exact) mass is 807 g/mol. The molecule has 57 heavy (non-hydrogen) atoms. The number of fused-ring (bicyclic) bond motifs is 3. The summed E-state index contributed by atoms with van der Waals surface area (Å²) < 4.78 is 108. The van der Waals surface area contributed by atoms with Gasteiger partial charge in [0.2, 0.25) is 11.8 Å². The molecule has 0 radical (unpaired) electrons. The summed E-state index contributed by atoms with van der Waals surface area (Å²) in [5, 5.41) is 13.2. The molecule has 4 aliphatic carbocycles. The van der Waals surface area contributed by atoms with E-state index in [1.54, 1.807) is 29.0 Å². The van der Waals surface area contributed by atoms with Crippen molar-refractivity contribution in [3.8, 4) is 17.1 Å². The molecule has 3 heterocycles. The van der Waals surface area contributed by atoms with Crippen molar-refractivity contribution >= 4 is 22.8 Å². The quantitative estimate of drug-likeness (QED) is 0.219. The molecule has 1 aliphatic heterocycles. The molecule has 4 unspecified atom stereocenters. The third-order valence-electron chi connectivity index (χ3n) is 13.5. The summed E-state index contributed by atoms with van der Waals surface area (Å²) >= 11 is 0. The van der Waals surface area contributed by atoms with Crippen molar-refractivity contribution in [3.05, 3.63) is 41.9 Å². The van der Waals surface area contributed by atoms with Gasteiger partial charge in [-0.3, -0.25) is 4.79 Å². The summed E-state index contributed by atoms with van der Waals surface area (Å²) in [5.74, 6) is -7.91. The lowest BCUT2D eigenvalue weighted by atomic mass is 9.78. The Kier molecular flexibility index (Phi) is 10.3. The van der Waals surface area contributed by atoms with Gasteiger partial charge in [-0.1, -0.05) is 6.92 Å². The maximum Gasteiger partial charge on any atom is 0.434 e. The number of carbonyl (C=O) groups excluding carboxylic acids is 1. The Balaban J connectivity index is 1.07. The van der Waals surface area contributed by atoms with E-state index in [2.05, 4.69) is 20.2 Å². The number of hydrogen-bond donors (Lipinski definition) is 2. The number of alkyl halides is 7. The molecule has 5 aliphatic rings. The minimum atomic E-state index is -5.10. The molecule has 2 N–H and O–H groups in total. The first-order valence-electron chi connectivity index (χ1n) is 20.2. The Hall–Kier alpha value is -3.95. The minimum Gasteiger partial charge on any atom is -0.490 e. The Morgan fingerprint density at radius 3 is 2.19 bits per heavy atom. The van der Waals surface area contributed by atoms with Crippen LogP contribution >= 0.6 is 0 Å². The number of carboxylic acids is 1. The van der Waals surface area contributed by atoms with Crippen LogP contribution in [0.5, 0.6) is 5.75 Å². The van der Waals surface area contributed by atoms with Crippen LogP contribution in [-0.4, -0.2) is 79.0 Å². The highest BCUT2D eigenvalue weighted by molar-refractivity contribution is 6.00. The fourth-order valence-corrected chi connectivity index (χ4v) is 10.6. The van der Waals surface area contributed by atoms with E-state index >= 15 is 0 Å². The van der Waals surface area contributed by atoms with Crippen LogP contribution in [0.3, 0.4) is 0 Å². The molecule has 1 saturated heterocycles. The molecule has 9 nitrogen and oxygen atoms in total. The SMILES string of the molecule is CC1CC2CC(C1)C(NC(=O)c1cnc(-c3cn(C4CCC(F)(F)CC4)c4cc(OC5CCN(C6CCC(F)(F)CC6)CC5)ccc34)nc1C(F)(F)F)(C(=O)O)C2. The summed E-state index contributed by atoms with van der Waals surface area (Å²) in [4.78, 5) is 36.7. The number of aromatic nitrogens is 3. The van der Waals surface area contributed by atoms with Gasteiger partial charge in [0.05, 0.1) is 11.1 Å². The van der Waals surface area contributed by atoms with Crippen molar-refractivity contribution < 1.29 is 50.2 Å². The van der Waals surface area contributed by atoms with Crippen LogP contribution in [-0.2, 0) is 11.0 Å². The number of carboxylic acid groups (broad SMARTS) is 1. The van der Waals surface area contributed by atoms with Crippen molar-refractivity contribution in [2.45, 2.75) is 139 Å². The first-order valence-corrected chi connectivity index (χ1v) is 20.2. The lowest BCUT2D eigenvalue weighted by Crippen LogP contribution is -2.57. The average Bonchev–Trinajstić information content (AvgIpc) is 3.65. The standard InChI is InChI=1S/C41H48F7N5O4/c1-23-16-24-18-25(17-23)40(20-24,37(55)56)51-36(54)31-21-49-35(50-34(31)41(46,47)48)32-22-53(27-6-12-39(44,45)13-7-27)33-19-29(2-3-30(32)33)57-28-8-14-52(15-9-28)26-4-10-38(42,43)11-5-26/h2-3,19,21-28H,4-18,20H2,1H3,(H,51,54)(H,55,56). The highest BCUT2D eigenvalue weighted by Gasteiger charge is 2.56. The van der Waals surface area contributed by atoms with Crippen LogP contribution in [0.4, 0.5) is 30.7 Å². The maximum absolute atomic E-state index is 14.7. The van der Waals surface area contributed by atoms with Crippen molar-refractivity contribution in [1.29, 1.82) is 0 Å². The number of benzene rings is 1. The van der Waals surface area contributed by atoms with Crippen molar-refractivity contribution in [2.75, 3.05) is 13.1 Å². The van der Waals surface area contributed by atoms with Gasteiger partial charge in [-0.25, -0.2) is 32.3 Å². The highest BCUT2D eigenvalue weighted by Crippen LogP contribution is 2.51. The normalized spacial score (nSPS) is 28.7. The number of rotatable bonds is 8. The molecule has 8 rings (SSSR count). The number of likely N-dealkylation sites (tertiary alicyclic amines) is 1. The molecule has 1 aromatic carbocycles. The van der Waals surface area contributed by atoms with E-state index in [1.807, 2.05) is 6.92 Å². The van der Waals surface area contributed by atoms with E-state index in [4.69, 9.17) is 4.74 Å². The molecular formula is C41H48F7N5O4. The molecule has 1 amide bonds. The van der Waals surface area contributed by atoms with Crippen LogP contribution in [0.2, 0.25) is 0 Å². The van der Waals surface area contributed by atoms with E-state index in [0.29, 0.717) is 68.3 Å². The molecular weight excluding hydrogens is 759 g/mol. The molecule has 2 bridgehead atoms. The van der Waals surface area contributed by atoms with E-state index in [-0.39, 0.29) is 80.3 Å². The number of amides is 1. The molecule has 4 saturated carbocycles. The third-order valence-corrected chi connectivity index (χ3v) is 13.5. The van der Waals surface area contributed by atoms with Crippen LogP contribution in [0, 0.1) is 17.8 Å². The van der Waals surface area contributed by atoms with Crippen LogP contribution in [0.1, 0.15) is 119 Å². The summed E-state index contributed by atoms with van der Waals surface area (Å²) in [7, 11) is 0. The number of hydrogen-bond acceptors (Lipinski definition) is 6. The number of ether oxygens (including phenoxy) is 1. The smallest absolute Gasteiger partial charge is 0.434 e. The molecule has 3 aromatic rings. The first kappa shape index (κ1) is 39.9. The predicted molar refractivity (Wildman–Crippen MR) is 195 cm³/mol. The maximum atomic E-state index is 14.7. The second kappa shape index (κ2) is 14.7. The average molecular weight is 808 g/mol. The van der Waals surface area contributed by atoms with Gasteiger partial charge in [-0.2, -0.15) is 13.2 Å². The van der Waals surface area contributed by atoms with Gasteiger partial charge in [0.15, 0.2) is 11.5 Å². The summed E-state index contributed by atoms with van der Waals surface area (Å²) in [6.07, 6.45) is 0.719. The van der Waals surface area contributed by atoms with Gasteiger partial charge >= 0.3 is 12.1 Å². The molecule has 0 spiro atoms. The van der Waals surface area contributed by atoms with Crippen LogP contribution in [0.15, 0.2) is 30.6 Å². The molecule has 2 aromatic heterocycles. The second-order valence-electron chi connectivity index (χ2n) is 17.4. The van der Waals surface area contributed by atoms with Gasteiger partial charge < -0.3 is 24.6 Å². The number of piperidine rings is 1. The van der Waals surface area contributed by atoms with Crippen molar-refractivity contribution in [2.24, 2.45) is 17.8 Å². The highest BCUT2D eigenvalue weighted by atomic mass is 19.4. The summed E-state index contributed by atoms with van der Waals surface area (Å²) in [5.41, 5.74) is -3.35. The fourth-order valence-electron chi connectivity index (χ4n) is 10.6. The number of aliphatic carboxylic acids is 1. The van der Waals surface area contributed by atoms with Crippen LogP contribution < -0.4 is 10.1 Å². The first-order chi connectivity index (χ1) is 26.9. The summed E-state index contributed by atoms with van der Waals surface area (Å²) in [6, 6.07) is 4.84. The zero-order valence-corrected chi connectivity index (χ0v) is 31.8. The zero-order valence-electron chi connectivity index (χ0n) is 31.8. The van der Waals surface area contributed by atoms with Crippen molar-refractivity contribution in [3.63, 3.8) is 0 Å². The van der Waals surface area contributed by atoms with Crippen LogP contribution in [0.25, 0.3) is 22.3 Å². The van der Waals surface area contributed by atoms with Gasteiger partial charge in [-0.05, 0) is 94.1 Å². The Labute approximate surface area is 325 Å². The topological polar surface area (TPSA) is 110 Å². The number of halogens is 7. The molecule has 5 fully saturated rings. The Bertz CT molecular complexity index is 1990. The van der Waals surface area contributed by atoms with E-state index in [1.165, 1.54) is 0 Å². The van der Waals surface area contributed by atoms with Crippen molar-refractivity contribution in [1.82, 2.24) is 24.8 Å². The van der Waals surface area contributed by atoms with E-state index < -0.39 is 58.7 Å². The van der Waals surface area contributed by atoms with E-state index in [9.17, 15) is 45.4 Å². The van der Waals surface area contributed by atoms with Gasteiger partial charge in [-0.15, -0.1) is 0 Å². The Morgan fingerprint density at radius 2 is 1.56 bits per heavy atom. The van der Waals surface area contributed by atoms with E-state index in [0.717, 1.165) is 12.6 Å². The summed E-state index contributed by atoms with van der Waals surface area (Å²) in [6.45, 7) is 3.40. The molecule has 16 heteroatoms. The second-order valence-corrected chi connectivity index (χ2v) is 17.4. The Morgan fingerprint density at radius 1 is 0.912 bits per heavy atom. The van der Waals surface area contributed by atoms with Gasteiger partial charge in [0.25, 0.3) is 5.91 Å². The lowest BCUT2D eigenvalue weighted by molar-refractivity contribution is -0.146. The molecule has 310 valence electrons. The van der Waals surface area contributed by atoms with Gasteiger partial charge in [0.1, 0.15) is 17.4 Å². The molecule has 4 atom stereocenters. The number of nitrogens with one attached hydrogen (secondary N) is 1. The zero-order chi connectivity index (χ0) is 40.5.